The van der Waals surface area contributed by atoms with Crippen molar-refractivity contribution >= 4 is 17.5 Å². The van der Waals surface area contributed by atoms with Gasteiger partial charge in [-0.3, -0.25) is 4.79 Å². The molecular weight excluding hydrogens is 348 g/mol. The summed E-state index contributed by atoms with van der Waals surface area (Å²) in [6.45, 7) is 1.82. The van der Waals surface area contributed by atoms with Gasteiger partial charge in [-0.05, 0) is 6.42 Å². The van der Waals surface area contributed by atoms with Gasteiger partial charge in [0.25, 0.3) is 5.91 Å². The number of hydrogen-bond donors (Lipinski definition) is 1. The van der Waals surface area contributed by atoms with Crippen molar-refractivity contribution in [3.05, 3.63) is 0 Å². The smallest absolute Gasteiger partial charge is 0.354 e. The molecule has 23 heavy (non-hydrogen) atoms. The monoisotopic (exact) mass is 369 g/mol. The van der Waals surface area contributed by atoms with Crippen LogP contribution in [0.2, 0.25) is 0 Å². The van der Waals surface area contributed by atoms with Gasteiger partial charge in [-0.25, -0.2) is 0 Å². The maximum Gasteiger partial charge on any atom is 0.425 e. The van der Waals surface area contributed by atoms with E-state index >= 15 is 0 Å². The maximum absolute atomic E-state index is 12.5. The van der Waals surface area contributed by atoms with E-state index in [1.807, 2.05) is 0 Å². The molecule has 0 spiro atoms. The quantitative estimate of drug-likeness (QED) is 0.314. The summed E-state index contributed by atoms with van der Waals surface area (Å²) in [6.07, 6.45) is -4.71. The summed E-state index contributed by atoms with van der Waals surface area (Å²) < 4.78 is 75.1. The zero-order valence-corrected chi connectivity index (χ0v) is 13.7. The second-order valence-corrected chi connectivity index (χ2v) is 5.95. The summed E-state index contributed by atoms with van der Waals surface area (Å²) in [6, 6.07) is 0. The molecule has 138 valence electrons. The van der Waals surface area contributed by atoms with Crippen LogP contribution in [0.25, 0.3) is 0 Å². The first kappa shape index (κ1) is 22.3. The number of rotatable bonds is 10. The molecule has 0 radical (unpaired) electrons. The first-order valence-electron chi connectivity index (χ1n) is 7.59. The number of amides is 1. The Morgan fingerprint density at radius 3 is 1.61 bits per heavy atom. The minimum Gasteiger partial charge on any atom is -0.354 e. The molecule has 0 aliphatic heterocycles. The van der Waals surface area contributed by atoms with Crippen molar-refractivity contribution in [2.75, 3.05) is 6.54 Å². The normalized spacial score (nSPS) is 13.2. The van der Waals surface area contributed by atoms with Gasteiger partial charge in [-0.2, -0.15) is 26.3 Å². The van der Waals surface area contributed by atoms with E-state index in [2.05, 4.69) is 18.5 Å². The highest BCUT2D eigenvalue weighted by molar-refractivity contribution is 6.36. The van der Waals surface area contributed by atoms with Gasteiger partial charge in [-0.15, -0.1) is 0 Å². The van der Waals surface area contributed by atoms with Gasteiger partial charge in [0.1, 0.15) is 0 Å². The van der Waals surface area contributed by atoms with Gasteiger partial charge in [0.2, 0.25) is 0 Å². The van der Waals surface area contributed by atoms with Crippen LogP contribution in [-0.2, 0) is 4.79 Å². The molecule has 9 heteroatoms. The average molecular weight is 370 g/mol. The molecule has 0 atom stereocenters. The topological polar surface area (TPSA) is 29.1 Å². The Hall–Kier alpha value is -0.660. The number of unbranched alkanes of at least 4 members (excludes halogenated alkanes) is 7. The maximum atomic E-state index is 12.5. The summed E-state index contributed by atoms with van der Waals surface area (Å²) in [5.74, 6) is -2.28. The van der Waals surface area contributed by atoms with Crippen molar-refractivity contribution in [3.63, 3.8) is 0 Å². The minimum absolute atomic E-state index is 0.269. The molecule has 0 rings (SSSR count). The molecule has 0 aliphatic carbocycles. The minimum atomic E-state index is -5.92. The van der Waals surface area contributed by atoms with Crippen molar-refractivity contribution in [1.82, 2.24) is 5.32 Å². The van der Waals surface area contributed by atoms with E-state index in [0.29, 0.717) is 12.8 Å². The fourth-order valence-corrected chi connectivity index (χ4v) is 2.07. The largest absolute Gasteiger partial charge is 0.425 e. The van der Waals surface area contributed by atoms with E-state index in [1.165, 1.54) is 0 Å². The van der Waals surface area contributed by atoms with Crippen LogP contribution in [0, 0.1) is 0 Å². The molecule has 0 saturated heterocycles. The summed E-state index contributed by atoms with van der Waals surface area (Å²) in [5.41, 5.74) is 0. The van der Waals surface area contributed by atoms with Gasteiger partial charge in [-0.1, -0.05) is 63.5 Å². The standard InChI is InChI=1S/C14H22ClF6NO/c1-2-3-4-5-6-7-8-9-10-22-11(23)12(15,13(16,17)18)14(19,20)21/h2-10H2,1H3,(H,22,23). The van der Waals surface area contributed by atoms with Crippen LogP contribution in [0.1, 0.15) is 58.3 Å². The lowest BCUT2D eigenvalue weighted by atomic mass is 10.1. The van der Waals surface area contributed by atoms with Gasteiger partial charge in [0.15, 0.2) is 0 Å². The molecule has 0 heterocycles. The van der Waals surface area contributed by atoms with Crippen LogP contribution in [0.5, 0.6) is 0 Å². The van der Waals surface area contributed by atoms with Crippen molar-refractivity contribution in [2.24, 2.45) is 0 Å². The number of hydrogen-bond acceptors (Lipinski definition) is 1. The van der Waals surface area contributed by atoms with E-state index < -0.39 is 23.1 Å². The van der Waals surface area contributed by atoms with Crippen molar-refractivity contribution in [1.29, 1.82) is 0 Å². The van der Waals surface area contributed by atoms with Gasteiger partial charge in [0.05, 0.1) is 0 Å². The van der Waals surface area contributed by atoms with Gasteiger partial charge >= 0.3 is 17.2 Å². The Balaban J connectivity index is 4.18. The third-order valence-corrected chi connectivity index (χ3v) is 4.01. The predicted octanol–water partition coefficient (Wildman–Crippen LogP) is 5.35. The first-order chi connectivity index (χ1) is 10.5. The van der Waals surface area contributed by atoms with E-state index in [0.717, 1.165) is 38.5 Å². The van der Waals surface area contributed by atoms with Crippen LogP contribution in [0.3, 0.4) is 0 Å². The number of carbonyl (C=O) groups excluding carboxylic acids is 1. The fraction of sp³-hybridized carbons (Fsp3) is 0.929. The lowest BCUT2D eigenvalue weighted by molar-refractivity contribution is -0.260. The van der Waals surface area contributed by atoms with Crippen LogP contribution < -0.4 is 5.32 Å². The number of nitrogens with one attached hydrogen (secondary N) is 1. The predicted molar refractivity (Wildman–Crippen MR) is 76.3 cm³/mol. The summed E-state index contributed by atoms with van der Waals surface area (Å²) in [4.78, 5) is 6.38. The van der Waals surface area contributed by atoms with Crippen LogP contribution in [0.15, 0.2) is 0 Å². The Bertz CT molecular complexity index is 342. The van der Waals surface area contributed by atoms with E-state index in [1.54, 1.807) is 5.32 Å². The van der Waals surface area contributed by atoms with Crippen molar-refractivity contribution in [2.45, 2.75) is 75.5 Å². The molecule has 0 aromatic heterocycles. The van der Waals surface area contributed by atoms with E-state index in [4.69, 9.17) is 0 Å². The third kappa shape index (κ3) is 6.77. The second kappa shape index (κ2) is 9.59. The molecule has 2 nitrogen and oxygen atoms in total. The van der Waals surface area contributed by atoms with E-state index in [-0.39, 0.29) is 6.54 Å². The highest BCUT2D eigenvalue weighted by Gasteiger charge is 2.75. The molecule has 0 aliphatic rings. The summed E-state index contributed by atoms with van der Waals surface area (Å²) in [7, 11) is 0. The molecule has 0 aromatic carbocycles. The Morgan fingerprint density at radius 2 is 1.22 bits per heavy atom. The summed E-state index contributed by atoms with van der Waals surface area (Å²) >= 11 is 4.59. The molecule has 0 aromatic rings. The number of halogens is 7. The highest BCUT2D eigenvalue weighted by atomic mass is 35.5. The molecular formula is C14H22ClF6NO. The van der Waals surface area contributed by atoms with Crippen LogP contribution in [0.4, 0.5) is 26.3 Å². The number of alkyl halides is 7. The van der Waals surface area contributed by atoms with Gasteiger partial charge in [0, 0.05) is 6.54 Å². The van der Waals surface area contributed by atoms with E-state index in [9.17, 15) is 31.1 Å². The molecule has 0 bridgehead atoms. The highest BCUT2D eigenvalue weighted by Crippen LogP contribution is 2.48. The average Bonchev–Trinajstić information content (AvgIpc) is 2.41. The fourth-order valence-electron chi connectivity index (χ4n) is 2.00. The second-order valence-electron chi connectivity index (χ2n) is 5.38. The Kier molecular flexibility index (Phi) is 9.32. The third-order valence-electron chi connectivity index (χ3n) is 3.41. The molecule has 1 N–H and O–H groups in total. The molecule has 0 unspecified atom stereocenters. The van der Waals surface area contributed by atoms with Gasteiger partial charge < -0.3 is 5.32 Å². The molecule has 0 fully saturated rings. The Morgan fingerprint density at radius 1 is 0.826 bits per heavy atom. The molecule has 0 saturated carbocycles. The first-order valence-corrected chi connectivity index (χ1v) is 7.97. The SMILES string of the molecule is CCCCCCCCCCNC(=O)C(Cl)(C(F)(F)F)C(F)(F)F. The van der Waals surface area contributed by atoms with Crippen LogP contribution >= 0.6 is 11.6 Å². The number of carbonyl (C=O) groups is 1. The summed E-state index contributed by atoms with van der Waals surface area (Å²) in [5, 5.41) is 1.64. The zero-order chi connectivity index (χ0) is 18.1. The van der Waals surface area contributed by atoms with Crippen LogP contribution in [-0.4, -0.2) is 29.7 Å². The lowest BCUT2D eigenvalue weighted by Crippen LogP contribution is -2.61. The lowest BCUT2D eigenvalue weighted by Gasteiger charge is -2.30. The molecule has 1 amide bonds. The van der Waals surface area contributed by atoms with Crippen molar-refractivity contribution < 1.29 is 31.1 Å². The van der Waals surface area contributed by atoms with Crippen molar-refractivity contribution in [3.8, 4) is 0 Å². The zero-order valence-electron chi connectivity index (χ0n) is 12.9. The Labute approximate surface area is 136 Å².